The second-order valence-corrected chi connectivity index (χ2v) is 6.75. The number of ether oxygens (including phenoxy) is 5. The normalized spacial score (nSPS) is 36.0. The molecule has 6 nitrogen and oxygen atoms in total. The maximum Gasteiger partial charge on any atom is 0.303 e. The van der Waals surface area contributed by atoms with Gasteiger partial charge in [-0.05, 0) is 6.26 Å². The molecule has 2 fully saturated rings. The number of carbonyl (C=O) groups is 1. The molecule has 0 spiro atoms. The van der Waals surface area contributed by atoms with E-state index in [1.54, 1.807) is 11.8 Å². The van der Waals surface area contributed by atoms with Gasteiger partial charge < -0.3 is 23.7 Å². The van der Waals surface area contributed by atoms with Gasteiger partial charge in [0.15, 0.2) is 18.7 Å². The summed E-state index contributed by atoms with van der Waals surface area (Å²) >= 11 is 1.58. The Morgan fingerprint density at radius 2 is 2.00 bits per heavy atom. The molecule has 6 atom stereocenters. The molecule has 2 saturated heterocycles. The zero-order chi connectivity index (χ0) is 17.1. The van der Waals surface area contributed by atoms with Crippen LogP contribution in [0.25, 0.3) is 0 Å². The van der Waals surface area contributed by atoms with Crippen molar-refractivity contribution in [3.8, 4) is 0 Å². The van der Waals surface area contributed by atoms with Crippen molar-refractivity contribution in [3.05, 3.63) is 35.9 Å². The van der Waals surface area contributed by atoms with Crippen LogP contribution in [0.3, 0.4) is 0 Å². The number of carbonyl (C=O) groups excluding carboxylic acids is 1. The first kappa shape index (κ1) is 17.7. The quantitative estimate of drug-likeness (QED) is 0.768. The first-order chi connectivity index (χ1) is 11.6. The van der Waals surface area contributed by atoms with E-state index in [-0.39, 0.29) is 23.4 Å². The number of fused-ring (bicyclic) bond motifs is 1. The average Bonchev–Trinajstić information content (AvgIpc) is 2.61. The molecule has 1 aromatic rings. The van der Waals surface area contributed by atoms with Crippen molar-refractivity contribution in [3.63, 3.8) is 0 Å². The third-order valence-corrected chi connectivity index (χ3v) is 5.24. The summed E-state index contributed by atoms with van der Waals surface area (Å²) in [6.45, 7) is 1.78. The van der Waals surface area contributed by atoms with Crippen LogP contribution in [0.2, 0.25) is 0 Å². The Bertz CT molecular complexity index is 553. The second kappa shape index (κ2) is 7.84. The van der Waals surface area contributed by atoms with Gasteiger partial charge in [-0.3, -0.25) is 4.79 Å². The third-order valence-electron chi connectivity index (χ3n) is 4.16. The minimum Gasteiger partial charge on any atom is -0.456 e. The molecule has 24 heavy (non-hydrogen) atoms. The number of methoxy groups -OCH3 is 1. The van der Waals surface area contributed by atoms with E-state index in [1.165, 1.54) is 14.0 Å². The minimum atomic E-state index is -0.631. The smallest absolute Gasteiger partial charge is 0.303 e. The zero-order valence-electron chi connectivity index (χ0n) is 13.9. The van der Waals surface area contributed by atoms with E-state index in [2.05, 4.69) is 0 Å². The number of benzene rings is 1. The van der Waals surface area contributed by atoms with Crippen LogP contribution < -0.4 is 0 Å². The maximum atomic E-state index is 11.5. The van der Waals surface area contributed by atoms with Crippen molar-refractivity contribution >= 4 is 17.7 Å². The highest BCUT2D eigenvalue weighted by molar-refractivity contribution is 7.99. The average molecular weight is 354 g/mol. The van der Waals surface area contributed by atoms with Gasteiger partial charge in [0, 0.05) is 19.6 Å². The van der Waals surface area contributed by atoms with Crippen LogP contribution in [0.4, 0.5) is 0 Å². The number of thioether (sulfide) groups is 1. The molecular formula is C17H22O6S. The first-order valence-electron chi connectivity index (χ1n) is 7.84. The molecule has 2 heterocycles. The van der Waals surface area contributed by atoms with Gasteiger partial charge in [-0.1, -0.05) is 30.3 Å². The molecule has 0 saturated carbocycles. The Hall–Kier alpha value is -1.12. The van der Waals surface area contributed by atoms with E-state index >= 15 is 0 Å². The Balaban J connectivity index is 1.80. The summed E-state index contributed by atoms with van der Waals surface area (Å²) < 4.78 is 28.7. The fourth-order valence-corrected chi connectivity index (χ4v) is 4.06. The summed E-state index contributed by atoms with van der Waals surface area (Å²) in [7, 11) is 1.54. The molecule has 7 heteroatoms. The standard InChI is InChI=1S/C17H22O6S/c1-10(18)21-14-15(24-3)13-12(22-17(14)19-2)9-20-16(23-13)11-7-5-4-6-8-11/h4-8,12-17H,9H2,1-3H3/t12-,13-,14-,15-,16-,17-/m1/s1. The summed E-state index contributed by atoms with van der Waals surface area (Å²) in [5, 5.41) is -0.104. The largest absolute Gasteiger partial charge is 0.456 e. The van der Waals surface area contributed by atoms with E-state index in [0.29, 0.717) is 6.61 Å². The Kier molecular flexibility index (Phi) is 5.78. The monoisotopic (exact) mass is 354 g/mol. The molecule has 2 aliphatic heterocycles. The highest BCUT2D eigenvalue weighted by Crippen LogP contribution is 2.39. The summed E-state index contributed by atoms with van der Waals surface area (Å²) in [5.41, 5.74) is 0.953. The van der Waals surface area contributed by atoms with Gasteiger partial charge in [0.05, 0.1) is 11.9 Å². The molecule has 0 unspecified atom stereocenters. The molecular weight excluding hydrogens is 332 g/mol. The third kappa shape index (κ3) is 3.60. The molecule has 2 aliphatic rings. The van der Waals surface area contributed by atoms with Crippen molar-refractivity contribution < 1.29 is 28.5 Å². The molecule has 0 radical (unpaired) electrons. The fraction of sp³-hybridized carbons (Fsp3) is 0.588. The van der Waals surface area contributed by atoms with Crippen molar-refractivity contribution in [2.24, 2.45) is 0 Å². The lowest BCUT2D eigenvalue weighted by Crippen LogP contribution is -2.61. The van der Waals surface area contributed by atoms with Crippen LogP contribution in [0, 0.1) is 0 Å². The number of esters is 1. The van der Waals surface area contributed by atoms with Gasteiger partial charge in [0.1, 0.15) is 12.2 Å². The molecule has 0 aromatic heterocycles. The summed E-state index contributed by atoms with van der Waals surface area (Å²) in [5.74, 6) is -0.366. The van der Waals surface area contributed by atoms with Crippen molar-refractivity contribution in [2.75, 3.05) is 20.0 Å². The van der Waals surface area contributed by atoms with Crippen molar-refractivity contribution in [1.82, 2.24) is 0 Å². The highest BCUT2D eigenvalue weighted by Gasteiger charge is 2.51. The molecule has 3 rings (SSSR count). The first-order valence-corrected chi connectivity index (χ1v) is 9.13. The fourth-order valence-electron chi connectivity index (χ4n) is 3.10. The van der Waals surface area contributed by atoms with Crippen LogP contribution in [-0.2, 0) is 28.5 Å². The topological polar surface area (TPSA) is 63.2 Å². The summed E-state index contributed by atoms with van der Waals surface area (Å²) in [4.78, 5) is 11.5. The lowest BCUT2D eigenvalue weighted by molar-refractivity contribution is -0.331. The van der Waals surface area contributed by atoms with Gasteiger partial charge >= 0.3 is 5.97 Å². The van der Waals surface area contributed by atoms with Gasteiger partial charge in [0.2, 0.25) is 0 Å². The van der Waals surface area contributed by atoms with Crippen LogP contribution in [-0.4, -0.2) is 55.8 Å². The van der Waals surface area contributed by atoms with E-state index in [4.69, 9.17) is 23.7 Å². The van der Waals surface area contributed by atoms with E-state index in [0.717, 1.165) is 5.56 Å². The molecule has 132 valence electrons. The lowest BCUT2D eigenvalue weighted by Gasteiger charge is -2.48. The molecule has 0 amide bonds. The van der Waals surface area contributed by atoms with Gasteiger partial charge in [-0.25, -0.2) is 0 Å². The highest BCUT2D eigenvalue weighted by atomic mass is 32.2. The number of hydrogen-bond acceptors (Lipinski definition) is 7. The Morgan fingerprint density at radius 3 is 2.62 bits per heavy atom. The van der Waals surface area contributed by atoms with Crippen LogP contribution >= 0.6 is 11.8 Å². The van der Waals surface area contributed by atoms with Crippen LogP contribution in [0.1, 0.15) is 18.8 Å². The Morgan fingerprint density at radius 1 is 1.25 bits per heavy atom. The molecule has 1 aromatic carbocycles. The molecule has 0 N–H and O–H groups in total. The van der Waals surface area contributed by atoms with E-state index in [9.17, 15) is 4.79 Å². The minimum absolute atomic E-state index is 0.104. The van der Waals surface area contributed by atoms with Crippen LogP contribution in [0.15, 0.2) is 30.3 Å². The van der Waals surface area contributed by atoms with Gasteiger partial charge in [-0.15, -0.1) is 0 Å². The zero-order valence-corrected chi connectivity index (χ0v) is 14.7. The van der Waals surface area contributed by atoms with Crippen molar-refractivity contribution in [1.29, 1.82) is 0 Å². The predicted molar refractivity (Wildman–Crippen MR) is 88.5 cm³/mol. The summed E-state index contributed by atoms with van der Waals surface area (Å²) in [6, 6.07) is 9.76. The Labute approximate surface area is 145 Å². The van der Waals surface area contributed by atoms with Crippen LogP contribution in [0.5, 0.6) is 0 Å². The molecule has 0 bridgehead atoms. The van der Waals surface area contributed by atoms with E-state index < -0.39 is 18.7 Å². The number of rotatable bonds is 4. The van der Waals surface area contributed by atoms with E-state index in [1.807, 2.05) is 36.6 Å². The SMILES string of the molecule is CO[C@@H]1O[C@@H]2CO[C@@H](c3ccccc3)O[C@H]2[C@@H](SC)[C@H]1OC(C)=O. The summed E-state index contributed by atoms with van der Waals surface area (Å²) in [6.07, 6.45) is -0.171. The van der Waals surface area contributed by atoms with Gasteiger partial charge in [-0.2, -0.15) is 11.8 Å². The maximum absolute atomic E-state index is 11.5. The predicted octanol–water partition coefficient (Wildman–Crippen LogP) is 2.14. The second-order valence-electron chi connectivity index (χ2n) is 5.73. The number of hydrogen-bond donors (Lipinski definition) is 0. The lowest BCUT2D eigenvalue weighted by atomic mass is 10.00. The van der Waals surface area contributed by atoms with Gasteiger partial charge in [0.25, 0.3) is 0 Å². The molecule has 0 aliphatic carbocycles. The van der Waals surface area contributed by atoms with Crippen molar-refractivity contribution in [2.45, 2.75) is 43.1 Å².